The van der Waals surface area contributed by atoms with Gasteiger partial charge < -0.3 is 5.11 Å². The summed E-state index contributed by atoms with van der Waals surface area (Å²) in [5.41, 5.74) is 3.24. The van der Waals surface area contributed by atoms with E-state index in [0.717, 1.165) is 20.1 Å². The Kier molecular flexibility index (Phi) is 3.97. The number of thiazole rings is 1. The molecular weight excluding hydrogens is 298 g/mol. The first kappa shape index (κ1) is 12.7. The molecule has 2 nitrogen and oxygen atoms in total. The minimum atomic E-state index is 0.0323. The molecule has 0 atom stereocenters. The third-order valence-corrected chi connectivity index (χ3v) is 4.16. The maximum atomic E-state index is 9.29. The van der Waals surface area contributed by atoms with Crippen molar-refractivity contribution in [2.75, 3.05) is 0 Å². The Morgan fingerprint density at radius 1 is 1.29 bits per heavy atom. The lowest BCUT2D eigenvalue weighted by molar-refractivity contribution is 0.286. The second-order valence-corrected chi connectivity index (χ2v) is 6.53. The molecule has 0 aliphatic rings. The molecule has 0 saturated heterocycles. The van der Waals surface area contributed by atoms with E-state index in [9.17, 15) is 5.11 Å². The molecule has 0 aliphatic heterocycles. The first-order chi connectivity index (χ1) is 8.11. The highest BCUT2D eigenvalue weighted by Crippen LogP contribution is 2.31. The average Bonchev–Trinajstić information content (AvgIpc) is 2.70. The Labute approximate surface area is 113 Å². The standard InChI is InChI=1S/C13H14BrNOS/c1-8(2)9-3-5-10(6-4-9)12-11(7-16)17-13(14)15-12/h3-6,8,16H,7H2,1-2H3. The SMILES string of the molecule is CC(C)c1ccc(-c2nc(Br)sc2CO)cc1. The lowest BCUT2D eigenvalue weighted by Crippen LogP contribution is -1.89. The highest BCUT2D eigenvalue weighted by atomic mass is 79.9. The van der Waals surface area contributed by atoms with Crippen LogP contribution in [-0.2, 0) is 6.61 Å². The van der Waals surface area contributed by atoms with Crippen LogP contribution in [0.15, 0.2) is 28.2 Å². The first-order valence-electron chi connectivity index (χ1n) is 5.48. The maximum Gasteiger partial charge on any atom is 0.160 e. The molecule has 0 radical (unpaired) electrons. The molecule has 4 heteroatoms. The minimum absolute atomic E-state index is 0.0323. The fraction of sp³-hybridized carbons (Fsp3) is 0.308. The summed E-state index contributed by atoms with van der Waals surface area (Å²) >= 11 is 4.83. The van der Waals surface area contributed by atoms with Crippen LogP contribution in [-0.4, -0.2) is 10.1 Å². The van der Waals surface area contributed by atoms with Gasteiger partial charge in [-0.25, -0.2) is 4.98 Å². The van der Waals surface area contributed by atoms with E-state index in [4.69, 9.17) is 0 Å². The highest BCUT2D eigenvalue weighted by molar-refractivity contribution is 9.11. The van der Waals surface area contributed by atoms with Crippen LogP contribution in [0.25, 0.3) is 11.3 Å². The van der Waals surface area contributed by atoms with E-state index in [0.29, 0.717) is 5.92 Å². The van der Waals surface area contributed by atoms with Gasteiger partial charge in [-0.2, -0.15) is 0 Å². The number of benzene rings is 1. The molecule has 2 aromatic rings. The lowest BCUT2D eigenvalue weighted by Gasteiger charge is -2.06. The number of hydrogen-bond donors (Lipinski definition) is 1. The highest BCUT2D eigenvalue weighted by Gasteiger charge is 2.11. The summed E-state index contributed by atoms with van der Waals surface area (Å²) in [7, 11) is 0. The largest absolute Gasteiger partial charge is 0.391 e. The van der Waals surface area contributed by atoms with Crippen molar-refractivity contribution in [1.29, 1.82) is 0 Å². The number of nitrogens with zero attached hydrogens (tertiary/aromatic N) is 1. The van der Waals surface area contributed by atoms with Gasteiger partial charge in [-0.3, -0.25) is 0 Å². The Morgan fingerprint density at radius 2 is 1.94 bits per heavy atom. The number of hydrogen-bond acceptors (Lipinski definition) is 3. The Morgan fingerprint density at radius 3 is 2.47 bits per heavy atom. The Bertz CT molecular complexity index is 505. The van der Waals surface area contributed by atoms with Gasteiger partial charge in [-0.15, -0.1) is 11.3 Å². The van der Waals surface area contributed by atoms with Gasteiger partial charge in [-0.1, -0.05) is 38.1 Å². The van der Waals surface area contributed by atoms with Gasteiger partial charge in [-0.05, 0) is 27.4 Å². The van der Waals surface area contributed by atoms with E-state index < -0.39 is 0 Å². The van der Waals surface area contributed by atoms with Gasteiger partial charge in [0.15, 0.2) is 3.92 Å². The van der Waals surface area contributed by atoms with Crippen molar-refractivity contribution in [3.8, 4) is 11.3 Å². The summed E-state index contributed by atoms with van der Waals surface area (Å²) < 4.78 is 0.810. The monoisotopic (exact) mass is 311 g/mol. The van der Waals surface area contributed by atoms with Crippen LogP contribution in [0.2, 0.25) is 0 Å². The van der Waals surface area contributed by atoms with E-state index in [2.05, 4.69) is 59.0 Å². The summed E-state index contributed by atoms with van der Waals surface area (Å²) in [4.78, 5) is 5.30. The summed E-state index contributed by atoms with van der Waals surface area (Å²) in [5, 5.41) is 9.29. The normalized spacial score (nSPS) is 11.1. The van der Waals surface area contributed by atoms with Crippen molar-refractivity contribution in [3.05, 3.63) is 38.6 Å². The zero-order chi connectivity index (χ0) is 12.4. The second kappa shape index (κ2) is 5.29. The lowest BCUT2D eigenvalue weighted by atomic mass is 10.0. The van der Waals surface area contributed by atoms with Gasteiger partial charge in [0.1, 0.15) is 0 Å². The second-order valence-electron chi connectivity index (χ2n) is 4.17. The maximum absolute atomic E-state index is 9.29. The Hall–Kier alpha value is -0.710. The molecule has 0 aliphatic carbocycles. The number of halogens is 1. The first-order valence-corrected chi connectivity index (χ1v) is 7.09. The van der Waals surface area contributed by atoms with Gasteiger partial charge in [0.2, 0.25) is 0 Å². The molecule has 0 unspecified atom stereocenters. The van der Waals surface area contributed by atoms with Crippen molar-refractivity contribution >= 4 is 27.3 Å². The molecule has 0 fully saturated rings. The number of aliphatic hydroxyl groups excluding tert-OH is 1. The van der Waals surface area contributed by atoms with Crippen LogP contribution < -0.4 is 0 Å². The van der Waals surface area contributed by atoms with Crippen molar-refractivity contribution in [2.24, 2.45) is 0 Å². The molecule has 17 heavy (non-hydrogen) atoms. The summed E-state index contributed by atoms with van der Waals surface area (Å²) in [6, 6.07) is 8.37. The smallest absolute Gasteiger partial charge is 0.160 e. The molecular formula is C13H14BrNOS. The van der Waals surface area contributed by atoms with Crippen LogP contribution in [0.3, 0.4) is 0 Å². The van der Waals surface area contributed by atoms with Gasteiger partial charge >= 0.3 is 0 Å². The van der Waals surface area contributed by atoms with E-state index in [-0.39, 0.29) is 6.61 Å². The van der Waals surface area contributed by atoms with E-state index >= 15 is 0 Å². The van der Waals surface area contributed by atoms with E-state index in [1.54, 1.807) is 0 Å². The molecule has 0 saturated carbocycles. The fourth-order valence-electron chi connectivity index (χ4n) is 1.68. The zero-order valence-corrected chi connectivity index (χ0v) is 12.2. The number of rotatable bonds is 3. The molecule has 0 bridgehead atoms. The van der Waals surface area contributed by atoms with Crippen LogP contribution in [0.1, 0.15) is 30.2 Å². The molecule has 1 aromatic carbocycles. The van der Waals surface area contributed by atoms with Crippen molar-refractivity contribution in [3.63, 3.8) is 0 Å². The molecule has 1 N–H and O–H groups in total. The van der Waals surface area contributed by atoms with Gasteiger partial charge in [0, 0.05) is 5.56 Å². The predicted molar refractivity (Wildman–Crippen MR) is 75.3 cm³/mol. The topological polar surface area (TPSA) is 33.1 Å². The molecule has 2 rings (SSSR count). The third kappa shape index (κ3) is 2.76. The molecule has 1 heterocycles. The number of aromatic nitrogens is 1. The van der Waals surface area contributed by atoms with Crippen LogP contribution in [0, 0.1) is 0 Å². The van der Waals surface area contributed by atoms with Crippen LogP contribution in [0.5, 0.6) is 0 Å². The van der Waals surface area contributed by atoms with Crippen molar-refractivity contribution in [1.82, 2.24) is 4.98 Å². The summed E-state index contributed by atoms with van der Waals surface area (Å²) in [6.45, 7) is 4.38. The van der Waals surface area contributed by atoms with Gasteiger partial charge in [0.05, 0.1) is 17.2 Å². The molecule has 1 aromatic heterocycles. The molecule has 0 amide bonds. The minimum Gasteiger partial charge on any atom is -0.391 e. The number of aliphatic hydroxyl groups is 1. The average molecular weight is 312 g/mol. The van der Waals surface area contributed by atoms with Gasteiger partial charge in [0.25, 0.3) is 0 Å². The molecule has 90 valence electrons. The summed E-state index contributed by atoms with van der Waals surface area (Å²) in [6.07, 6.45) is 0. The fourth-order valence-corrected chi connectivity index (χ4v) is 3.11. The zero-order valence-electron chi connectivity index (χ0n) is 9.77. The van der Waals surface area contributed by atoms with E-state index in [1.165, 1.54) is 16.9 Å². The van der Waals surface area contributed by atoms with Crippen molar-refractivity contribution in [2.45, 2.75) is 26.4 Å². The third-order valence-electron chi connectivity index (χ3n) is 2.67. The summed E-state index contributed by atoms with van der Waals surface area (Å²) in [5.74, 6) is 0.531. The van der Waals surface area contributed by atoms with E-state index in [1.807, 2.05) is 0 Å². The van der Waals surface area contributed by atoms with Crippen LogP contribution in [0.4, 0.5) is 0 Å². The van der Waals surface area contributed by atoms with Crippen LogP contribution >= 0.6 is 27.3 Å². The quantitative estimate of drug-likeness (QED) is 0.922. The predicted octanol–water partition coefficient (Wildman–Crippen LogP) is 4.19. The molecule has 0 spiro atoms. The van der Waals surface area contributed by atoms with Crippen molar-refractivity contribution < 1.29 is 5.11 Å². The Balaban J connectivity index is 2.39.